The largest absolute Gasteiger partial charge is 0.397 e. The van der Waals surface area contributed by atoms with Crippen LogP contribution in [0.3, 0.4) is 0 Å². The van der Waals surface area contributed by atoms with E-state index in [4.69, 9.17) is 17.3 Å². The highest BCUT2D eigenvalue weighted by Gasteiger charge is 2.06. The molecule has 4 heteroatoms. The molecule has 0 aliphatic carbocycles. The van der Waals surface area contributed by atoms with Gasteiger partial charge in [-0.1, -0.05) is 35.9 Å². The molecule has 0 radical (unpaired) electrons. The summed E-state index contributed by atoms with van der Waals surface area (Å²) in [6.07, 6.45) is 1.16. The summed E-state index contributed by atoms with van der Waals surface area (Å²) >= 11 is 5.84. The summed E-state index contributed by atoms with van der Waals surface area (Å²) in [6, 6.07) is 13.2. The van der Waals surface area contributed by atoms with Gasteiger partial charge in [-0.2, -0.15) is 0 Å². The quantitative estimate of drug-likeness (QED) is 0.841. The van der Waals surface area contributed by atoms with Gasteiger partial charge >= 0.3 is 0 Å². The van der Waals surface area contributed by atoms with Gasteiger partial charge in [-0.25, -0.2) is 0 Å². The fraction of sp³-hybridized carbons (Fsp3) is 0.188. The van der Waals surface area contributed by atoms with Crippen LogP contribution in [0.15, 0.2) is 42.5 Å². The fourth-order valence-corrected chi connectivity index (χ4v) is 2.10. The molecule has 0 saturated heterocycles. The molecule has 0 bridgehead atoms. The molecule has 0 aromatic heterocycles. The zero-order valence-electron chi connectivity index (χ0n) is 11.3. The van der Waals surface area contributed by atoms with Crippen molar-refractivity contribution in [1.82, 2.24) is 0 Å². The van der Waals surface area contributed by atoms with Crippen LogP contribution in [0.4, 0.5) is 11.4 Å². The van der Waals surface area contributed by atoms with Crippen molar-refractivity contribution in [2.24, 2.45) is 0 Å². The van der Waals surface area contributed by atoms with Crippen molar-refractivity contribution < 1.29 is 4.79 Å². The van der Waals surface area contributed by atoms with Crippen molar-refractivity contribution >= 4 is 28.9 Å². The Kier molecular flexibility index (Phi) is 4.64. The number of aryl methyl sites for hydroxylation is 2. The van der Waals surface area contributed by atoms with Gasteiger partial charge in [0.15, 0.2) is 0 Å². The molecule has 104 valence electrons. The van der Waals surface area contributed by atoms with Gasteiger partial charge in [0.25, 0.3) is 0 Å². The molecule has 0 spiro atoms. The Morgan fingerprint density at radius 1 is 1.25 bits per heavy atom. The number of halogens is 1. The van der Waals surface area contributed by atoms with E-state index >= 15 is 0 Å². The van der Waals surface area contributed by atoms with Crippen LogP contribution in [-0.2, 0) is 11.2 Å². The van der Waals surface area contributed by atoms with Crippen LogP contribution in [0.25, 0.3) is 0 Å². The predicted octanol–water partition coefficient (Wildman–Crippen LogP) is 3.80. The first kappa shape index (κ1) is 14.4. The first-order valence-electron chi connectivity index (χ1n) is 6.45. The first-order valence-corrected chi connectivity index (χ1v) is 6.83. The van der Waals surface area contributed by atoms with E-state index in [1.165, 1.54) is 11.1 Å². The number of nitrogen functional groups attached to an aromatic ring is 1. The standard InChI is InChI=1S/C16H17ClN2O/c1-11-4-2-3-5-12(11)6-9-16(20)19-13-7-8-14(17)15(18)10-13/h2-5,7-8,10H,6,9,18H2,1H3,(H,19,20). The number of nitrogens with two attached hydrogens (primary N) is 1. The third-order valence-electron chi connectivity index (χ3n) is 3.16. The van der Waals surface area contributed by atoms with Crippen LogP contribution in [0.5, 0.6) is 0 Å². The maximum Gasteiger partial charge on any atom is 0.224 e. The van der Waals surface area contributed by atoms with E-state index < -0.39 is 0 Å². The minimum Gasteiger partial charge on any atom is -0.397 e. The average Bonchev–Trinajstić information content (AvgIpc) is 2.42. The van der Waals surface area contributed by atoms with Gasteiger partial charge in [-0.15, -0.1) is 0 Å². The lowest BCUT2D eigenvalue weighted by Crippen LogP contribution is -2.12. The summed E-state index contributed by atoms with van der Waals surface area (Å²) in [5.74, 6) is -0.0324. The molecule has 0 heterocycles. The smallest absolute Gasteiger partial charge is 0.224 e. The van der Waals surface area contributed by atoms with Crippen molar-refractivity contribution in [3.63, 3.8) is 0 Å². The van der Waals surface area contributed by atoms with Gasteiger partial charge < -0.3 is 11.1 Å². The molecule has 0 unspecified atom stereocenters. The average molecular weight is 289 g/mol. The van der Waals surface area contributed by atoms with Crippen molar-refractivity contribution in [1.29, 1.82) is 0 Å². The summed E-state index contributed by atoms with van der Waals surface area (Å²) < 4.78 is 0. The minimum absolute atomic E-state index is 0.0324. The molecule has 3 N–H and O–H groups in total. The van der Waals surface area contributed by atoms with Crippen molar-refractivity contribution in [2.75, 3.05) is 11.1 Å². The van der Waals surface area contributed by atoms with Gasteiger partial charge in [0, 0.05) is 12.1 Å². The highest BCUT2D eigenvalue weighted by molar-refractivity contribution is 6.33. The Balaban J connectivity index is 1.93. The molecule has 0 saturated carbocycles. The Morgan fingerprint density at radius 3 is 2.70 bits per heavy atom. The van der Waals surface area contributed by atoms with Crippen molar-refractivity contribution in [3.8, 4) is 0 Å². The van der Waals surface area contributed by atoms with Gasteiger partial charge in [-0.05, 0) is 42.7 Å². The number of carbonyl (C=O) groups is 1. The zero-order chi connectivity index (χ0) is 14.5. The molecular formula is C16H17ClN2O. The number of rotatable bonds is 4. The molecule has 0 aliphatic rings. The lowest BCUT2D eigenvalue weighted by Gasteiger charge is -2.08. The van der Waals surface area contributed by atoms with Crippen LogP contribution in [0, 0.1) is 6.92 Å². The Bertz CT molecular complexity index is 626. The predicted molar refractivity (Wildman–Crippen MR) is 84.0 cm³/mol. The van der Waals surface area contributed by atoms with Gasteiger partial charge in [-0.3, -0.25) is 4.79 Å². The Hall–Kier alpha value is -2.00. The summed E-state index contributed by atoms with van der Waals surface area (Å²) in [5.41, 5.74) is 9.23. The van der Waals surface area contributed by atoms with E-state index in [2.05, 4.69) is 5.32 Å². The monoisotopic (exact) mass is 288 g/mol. The molecule has 2 aromatic rings. The number of hydrogen-bond acceptors (Lipinski definition) is 2. The zero-order valence-corrected chi connectivity index (χ0v) is 12.1. The van der Waals surface area contributed by atoms with E-state index in [1.807, 2.05) is 31.2 Å². The summed E-state index contributed by atoms with van der Waals surface area (Å²) in [6.45, 7) is 2.05. The van der Waals surface area contributed by atoms with Gasteiger partial charge in [0.1, 0.15) is 0 Å². The summed E-state index contributed by atoms with van der Waals surface area (Å²) in [5, 5.41) is 3.31. The normalized spacial score (nSPS) is 10.3. The lowest BCUT2D eigenvalue weighted by atomic mass is 10.0. The molecule has 3 nitrogen and oxygen atoms in total. The van der Waals surface area contributed by atoms with Crippen molar-refractivity contribution in [3.05, 3.63) is 58.6 Å². The molecule has 0 atom stereocenters. The Labute approximate surface area is 123 Å². The van der Waals surface area contributed by atoms with Crippen LogP contribution in [0.1, 0.15) is 17.5 Å². The van der Waals surface area contributed by atoms with Crippen LogP contribution < -0.4 is 11.1 Å². The molecular weight excluding hydrogens is 272 g/mol. The van der Waals surface area contributed by atoms with E-state index in [9.17, 15) is 4.79 Å². The highest BCUT2D eigenvalue weighted by Crippen LogP contribution is 2.22. The lowest BCUT2D eigenvalue weighted by molar-refractivity contribution is -0.116. The van der Waals surface area contributed by atoms with E-state index in [0.29, 0.717) is 22.8 Å². The fourth-order valence-electron chi connectivity index (χ4n) is 1.98. The second-order valence-electron chi connectivity index (χ2n) is 4.71. The van der Waals surface area contributed by atoms with Crippen LogP contribution in [-0.4, -0.2) is 5.91 Å². The molecule has 1 amide bonds. The summed E-state index contributed by atoms with van der Waals surface area (Å²) in [7, 11) is 0. The second kappa shape index (κ2) is 6.44. The topological polar surface area (TPSA) is 55.1 Å². The van der Waals surface area contributed by atoms with Crippen LogP contribution >= 0.6 is 11.6 Å². The van der Waals surface area contributed by atoms with E-state index in [0.717, 1.165) is 6.42 Å². The third kappa shape index (κ3) is 3.75. The number of nitrogens with one attached hydrogen (secondary N) is 1. The number of benzene rings is 2. The molecule has 2 rings (SSSR count). The number of carbonyl (C=O) groups excluding carboxylic acids is 1. The number of anilines is 2. The summed E-state index contributed by atoms with van der Waals surface area (Å²) in [4.78, 5) is 11.9. The number of hydrogen-bond donors (Lipinski definition) is 2. The highest BCUT2D eigenvalue weighted by atomic mass is 35.5. The minimum atomic E-state index is -0.0324. The molecule has 20 heavy (non-hydrogen) atoms. The van der Waals surface area contributed by atoms with Gasteiger partial charge in [0.05, 0.1) is 10.7 Å². The van der Waals surface area contributed by atoms with Gasteiger partial charge in [0.2, 0.25) is 5.91 Å². The molecule has 0 fully saturated rings. The van der Waals surface area contributed by atoms with Crippen LogP contribution in [0.2, 0.25) is 5.02 Å². The molecule has 0 aliphatic heterocycles. The maximum absolute atomic E-state index is 11.9. The first-order chi connectivity index (χ1) is 9.56. The maximum atomic E-state index is 11.9. The SMILES string of the molecule is Cc1ccccc1CCC(=O)Nc1ccc(Cl)c(N)c1. The third-order valence-corrected chi connectivity index (χ3v) is 3.51. The van der Waals surface area contributed by atoms with Crippen molar-refractivity contribution in [2.45, 2.75) is 19.8 Å². The van der Waals surface area contributed by atoms with E-state index in [-0.39, 0.29) is 5.91 Å². The number of amides is 1. The van der Waals surface area contributed by atoms with E-state index in [1.54, 1.807) is 18.2 Å². The second-order valence-corrected chi connectivity index (χ2v) is 5.12. The molecule has 2 aromatic carbocycles. The Morgan fingerprint density at radius 2 is 2.00 bits per heavy atom.